The molecule has 1 amide bonds. The van der Waals surface area contributed by atoms with Gasteiger partial charge in [0.15, 0.2) is 6.61 Å². The van der Waals surface area contributed by atoms with Crippen molar-refractivity contribution in [3.05, 3.63) is 58.1 Å². The maximum atomic E-state index is 12.6. The molecule has 1 fully saturated rings. The molecule has 0 aliphatic carbocycles. The first-order valence-corrected chi connectivity index (χ1v) is 11.1. The van der Waals surface area contributed by atoms with Crippen LogP contribution < -0.4 is 5.32 Å². The Morgan fingerprint density at radius 3 is 2.23 bits per heavy atom. The zero-order valence-electron chi connectivity index (χ0n) is 15.6. The van der Waals surface area contributed by atoms with E-state index in [-0.39, 0.29) is 20.5 Å². The van der Waals surface area contributed by atoms with Gasteiger partial charge >= 0.3 is 5.97 Å². The maximum absolute atomic E-state index is 12.6. The van der Waals surface area contributed by atoms with E-state index in [4.69, 9.17) is 32.7 Å². The lowest BCUT2D eigenvalue weighted by Crippen LogP contribution is -2.40. The van der Waals surface area contributed by atoms with E-state index in [1.165, 1.54) is 46.8 Å². The van der Waals surface area contributed by atoms with Gasteiger partial charge in [0.05, 0.1) is 23.7 Å². The Labute approximate surface area is 183 Å². The molecule has 1 heterocycles. The van der Waals surface area contributed by atoms with E-state index in [1.54, 1.807) is 0 Å². The summed E-state index contributed by atoms with van der Waals surface area (Å²) in [5, 5.41) is 3.07. The van der Waals surface area contributed by atoms with Crippen LogP contribution in [0.5, 0.6) is 0 Å². The summed E-state index contributed by atoms with van der Waals surface area (Å²) in [7, 11) is -3.62. The van der Waals surface area contributed by atoms with Crippen molar-refractivity contribution in [3.63, 3.8) is 0 Å². The van der Waals surface area contributed by atoms with Gasteiger partial charge in [0.25, 0.3) is 5.91 Å². The van der Waals surface area contributed by atoms with Crippen LogP contribution >= 0.6 is 23.2 Å². The van der Waals surface area contributed by atoms with Gasteiger partial charge in [-0.15, -0.1) is 0 Å². The summed E-state index contributed by atoms with van der Waals surface area (Å²) in [6.07, 6.45) is 0. The first kappa shape index (κ1) is 22.5. The maximum Gasteiger partial charge on any atom is 0.338 e. The Hall–Kier alpha value is -2.17. The number of hydrogen-bond donors (Lipinski definition) is 1. The molecule has 30 heavy (non-hydrogen) atoms. The van der Waals surface area contributed by atoms with Crippen LogP contribution in [0.4, 0.5) is 5.69 Å². The predicted octanol–water partition coefficient (Wildman–Crippen LogP) is 2.81. The summed E-state index contributed by atoms with van der Waals surface area (Å²) in [5.74, 6) is -1.33. The minimum atomic E-state index is -3.62. The van der Waals surface area contributed by atoms with Crippen LogP contribution in [0, 0.1) is 0 Å². The quantitative estimate of drug-likeness (QED) is 0.648. The SMILES string of the molecule is O=C(COC(=O)c1cc(Cl)cc(Cl)c1)Nc1ccc(S(=O)(=O)N2CCOCC2)cc1. The van der Waals surface area contributed by atoms with Crippen molar-refractivity contribution in [2.75, 3.05) is 38.2 Å². The molecule has 0 aromatic heterocycles. The van der Waals surface area contributed by atoms with E-state index >= 15 is 0 Å². The number of carbonyl (C=O) groups excluding carboxylic acids is 2. The molecule has 0 unspecified atom stereocenters. The lowest BCUT2D eigenvalue weighted by atomic mass is 10.2. The van der Waals surface area contributed by atoms with E-state index in [0.29, 0.717) is 32.0 Å². The van der Waals surface area contributed by atoms with Crippen molar-refractivity contribution in [1.82, 2.24) is 4.31 Å². The van der Waals surface area contributed by atoms with E-state index < -0.39 is 28.5 Å². The molecule has 0 bridgehead atoms. The van der Waals surface area contributed by atoms with Gasteiger partial charge in [-0.2, -0.15) is 4.31 Å². The number of ether oxygens (including phenoxy) is 2. The van der Waals surface area contributed by atoms with Crippen molar-refractivity contribution in [3.8, 4) is 0 Å². The van der Waals surface area contributed by atoms with Crippen molar-refractivity contribution in [1.29, 1.82) is 0 Å². The zero-order chi connectivity index (χ0) is 21.7. The number of esters is 1. The molecular weight excluding hydrogens is 455 g/mol. The van der Waals surface area contributed by atoms with Gasteiger partial charge in [-0.25, -0.2) is 13.2 Å². The second-order valence-corrected chi connectivity index (χ2v) is 9.13. The third-order valence-electron chi connectivity index (χ3n) is 4.18. The fourth-order valence-corrected chi connectivity index (χ4v) is 4.66. The van der Waals surface area contributed by atoms with Crippen molar-refractivity contribution >= 4 is 50.8 Å². The highest BCUT2D eigenvalue weighted by molar-refractivity contribution is 7.89. The molecule has 1 N–H and O–H groups in total. The zero-order valence-corrected chi connectivity index (χ0v) is 18.0. The lowest BCUT2D eigenvalue weighted by Gasteiger charge is -2.26. The number of amides is 1. The first-order chi connectivity index (χ1) is 14.3. The van der Waals surface area contributed by atoms with E-state index in [2.05, 4.69) is 5.32 Å². The second kappa shape index (κ2) is 9.76. The largest absolute Gasteiger partial charge is 0.452 e. The number of hydrogen-bond acceptors (Lipinski definition) is 6. The number of morpholine rings is 1. The molecule has 2 aromatic carbocycles. The van der Waals surface area contributed by atoms with E-state index in [0.717, 1.165) is 0 Å². The molecule has 8 nitrogen and oxygen atoms in total. The monoisotopic (exact) mass is 472 g/mol. The smallest absolute Gasteiger partial charge is 0.338 e. The molecule has 0 radical (unpaired) electrons. The third kappa shape index (κ3) is 5.71. The van der Waals surface area contributed by atoms with Crippen LogP contribution in [0.1, 0.15) is 10.4 Å². The number of nitrogens with zero attached hydrogens (tertiary/aromatic N) is 1. The highest BCUT2D eigenvalue weighted by Crippen LogP contribution is 2.21. The van der Waals surface area contributed by atoms with Gasteiger partial charge in [0.1, 0.15) is 0 Å². The van der Waals surface area contributed by atoms with Crippen LogP contribution in [0.2, 0.25) is 10.0 Å². The Morgan fingerprint density at radius 1 is 1.03 bits per heavy atom. The number of sulfonamides is 1. The second-order valence-electron chi connectivity index (χ2n) is 6.32. The van der Waals surface area contributed by atoms with Gasteiger partial charge in [-0.05, 0) is 42.5 Å². The van der Waals surface area contributed by atoms with Gasteiger partial charge in [0.2, 0.25) is 10.0 Å². The Morgan fingerprint density at radius 2 is 1.63 bits per heavy atom. The van der Waals surface area contributed by atoms with Crippen LogP contribution in [0.3, 0.4) is 0 Å². The molecular formula is C19H18Cl2N2O6S. The summed E-state index contributed by atoms with van der Waals surface area (Å²) in [5.41, 5.74) is 0.487. The topological polar surface area (TPSA) is 102 Å². The number of rotatable bonds is 6. The van der Waals surface area contributed by atoms with Gasteiger partial charge in [0, 0.05) is 28.8 Å². The molecule has 1 aliphatic heterocycles. The molecule has 2 aromatic rings. The summed E-state index contributed by atoms with van der Waals surface area (Å²) < 4.78 is 36.6. The van der Waals surface area contributed by atoms with Crippen LogP contribution in [-0.2, 0) is 24.3 Å². The number of anilines is 1. The van der Waals surface area contributed by atoms with Crippen LogP contribution in [0.15, 0.2) is 47.4 Å². The summed E-state index contributed by atoms with van der Waals surface area (Å²) in [4.78, 5) is 24.2. The van der Waals surface area contributed by atoms with Crippen LogP contribution in [0.25, 0.3) is 0 Å². The number of benzene rings is 2. The highest BCUT2D eigenvalue weighted by Gasteiger charge is 2.26. The van der Waals surface area contributed by atoms with E-state index in [9.17, 15) is 18.0 Å². The predicted molar refractivity (Wildman–Crippen MR) is 111 cm³/mol. The van der Waals surface area contributed by atoms with Crippen molar-refractivity contribution in [2.45, 2.75) is 4.90 Å². The van der Waals surface area contributed by atoms with Gasteiger partial charge in [-0.3, -0.25) is 4.79 Å². The molecule has 0 atom stereocenters. The summed E-state index contributed by atoms with van der Waals surface area (Å²) >= 11 is 11.7. The van der Waals surface area contributed by atoms with E-state index in [1.807, 2.05) is 0 Å². The standard InChI is InChI=1S/C19H18Cl2N2O6S/c20-14-9-13(10-15(21)11-14)19(25)29-12-18(24)22-16-1-3-17(4-2-16)30(26,27)23-5-7-28-8-6-23/h1-4,9-11H,5-8,12H2,(H,22,24). The average molecular weight is 473 g/mol. The number of nitrogens with one attached hydrogen (secondary N) is 1. The molecule has 0 spiro atoms. The van der Waals surface area contributed by atoms with Gasteiger partial charge in [-0.1, -0.05) is 23.2 Å². The fraction of sp³-hybridized carbons (Fsp3) is 0.263. The Bertz CT molecular complexity index is 1020. The highest BCUT2D eigenvalue weighted by atomic mass is 35.5. The minimum Gasteiger partial charge on any atom is -0.452 e. The number of carbonyl (C=O) groups is 2. The molecule has 160 valence electrons. The minimum absolute atomic E-state index is 0.117. The molecule has 11 heteroatoms. The third-order valence-corrected chi connectivity index (χ3v) is 6.53. The average Bonchev–Trinajstić information content (AvgIpc) is 2.72. The molecule has 1 saturated heterocycles. The first-order valence-electron chi connectivity index (χ1n) is 8.87. The molecule has 1 aliphatic rings. The fourth-order valence-electron chi connectivity index (χ4n) is 2.73. The normalized spacial score (nSPS) is 14.9. The van der Waals surface area contributed by atoms with Crippen LogP contribution in [-0.4, -0.2) is 57.5 Å². The summed E-state index contributed by atoms with van der Waals surface area (Å²) in [6.45, 7) is 0.770. The van der Waals surface area contributed by atoms with Crippen molar-refractivity contribution in [2.24, 2.45) is 0 Å². The van der Waals surface area contributed by atoms with Gasteiger partial charge < -0.3 is 14.8 Å². The molecule has 0 saturated carbocycles. The molecule has 3 rings (SSSR count). The van der Waals surface area contributed by atoms with Crippen molar-refractivity contribution < 1.29 is 27.5 Å². The lowest BCUT2D eigenvalue weighted by molar-refractivity contribution is -0.119. The Kier molecular flexibility index (Phi) is 7.32. The number of halogens is 2. The summed E-state index contributed by atoms with van der Waals surface area (Å²) in [6, 6.07) is 9.95. The Balaban J connectivity index is 1.56.